The number of hydrogen-bond donors (Lipinski definition) is 2. The van der Waals surface area contributed by atoms with Gasteiger partial charge < -0.3 is 20.1 Å². The molecule has 226 valence electrons. The molecular formula is C32H53N3O5. The highest BCUT2D eigenvalue weighted by atomic mass is 16.6. The van der Waals surface area contributed by atoms with Crippen LogP contribution in [0.2, 0.25) is 0 Å². The molecule has 0 aromatic heterocycles. The molecule has 0 saturated carbocycles. The van der Waals surface area contributed by atoms with Gasteiger partial charge in [0.25, 0.3) is 0 Å². The normalized spacial score (nSPS) is 15.2. The summed E-state index contributed by atoms with van der Waals surface area (Å²) in [5.74, 6) is -0.625. The van der Waals surface area contributed by atoms with E-state index < -0.39 is 40.5 Å². The first-order valence-corrected chi connectivity index (χ1v) is 14.0. The summed E-state index contributed by atoms with van der Waals surface area (Å²) in [4.78, 5) is 44.4. The minimum atomic E-state index is -0.981. The van der Waals surface area contributed by atoms with Gasteiger partial charge in [0.15, 0.2) is 0 Å². The average molecular weight is 560 g/mol. The molecule has 3 amide bonds. The molecule has 3 atom stereocenters. The molecule has 0 aliphatic carbocycles. The van der Waals surface area contributed by atoms with Crippen LogP contribution in [0.25, 0.3) is 0 Å². The Morgan fingerprint density at radius 1 is 0.950 bits per heavy atom. The lowest BCUT2D eigenvalue weighted by molar-refractivity contribution is -0.141. The Morgan fingerprint density at radius 3 is 1.90 bits per heavy atom. The third-order valence-electron chi connectivity index (χ3n) is 7.10. The van der Waals surface area contributed by atoms with Crippen LogP contribution in [0.5, 0.6) is 0 Å². The summed E-state index contributed by atoms with van der Waals surface area (Å²) >= 11 is 0. The molecule has 0 aliphatic rings. The highest BCUT2D eigenvalue weighted by Crippen LogP contribution is 2.32. The number of nitrogens with zero attached hydrogens (tertiary/aromatic N) is 2. The van der Waals surface area contributed by atoms with Gasteiger partial charge in [-0.1, -0.05) is 90.4 Å². The van der Waals surface area contributed by atoms with Gasteiger partial charge in [-0.25, -0.2) is 4.79 Å². The van der Waals surface area contributed by atoms with Gasteiger partial charge in [-0.2, -0.15) is 0 Å². The summed E-state index contributed by atoms with van der Waals surface area (Å²) < 4.78 is 5.63. The number of aliphatic hydroxyl groups is 1. The summed E-state index contributed by atoms with van der Waals surface area (Å²) in [7, 11) is 3.28. The summed E-state index contributed by atoms with van der Waals surface area (Å²) in [6.45, 7) is 20.6. The fourth-order valence-electron chi connectivity index (χ4n) is 4.77. The van der Waals surface area contributed by atoms with Crippen LogP contribution in [0, 0.1) is 11.3 Å². The second-order valence-corrected chi connectivity index (χ2v) is 13.7. The number of amides is 3. The van der Waals surface area contributed by atoms with Crippen LogP contribution in [-0.2, 0) is 19.7 Å². The minimum absolute atomic E-state index is 0.0786. The maximum Gasteiger partial charge on any atom is 0.410 e. The monoisotopic (exact) mass is 559 g/mol. The van der Waals surface area contributed by atoms with E-state index in [0.29, 0.717) is 0 Å². The van der Waals surface area contributed by atoms with Crippen LogP contribution < -0.4 is 5.32 Å². The van der Waals surface area contributed by atoms with Crippen LogP contribution in [-0.4, -0.2) is 77.2 Å². The molecule has 0 spiro atoms. The topological polar surface area (TPSA) is 99.2 Å². The van der Waals surface area contributed by atoms with Crippen molar-refractivity contribution in [3.05, 3.63) is 47.5 Å². The van der Waals surface area contributed by atoms with E-state index in [-0.39, 0.29) is 24.5 Å². The molecule has 0 heterocycles. The highest BCUT2D eigenvalue weighted by molar-refractivity contribution is 5.93. The molecule has 0 aliphatic heterocycles. The molecule has 1 rings (SSSR count). The van der Waals surface area contributed by atoms with E-state index in [9.17, 15) is 19.5 Å². The van der Waals surface area contributed by atoms with Gasteiger partial charge >= 0.3 is 6.09 Å². The second-order valence-electron chi connectivity index (χ2n) is 13.7. The van der Waals surface area contributed by atoms with Gasteiger partial charge in [-0.15, -0.1) is 0 Å². The van der Waals surface area contributed by atoms with Crippen molar-refractivity contribution in [3.63, 3.8) is 0 Å². The first-order valence-electron chi connectivity index (χ1n) is 14.0. The summed E-state index contributed by atoms with van der Waals surface area (Å²) in [5.41, 5.74) is -0.578. The van der Waals surface area contributed by atoms with Crippen LogP contribution >= 0.6 is 0 Å². The summed E-state index contributed by atoms with van der Waals surface area (Å²) in [6, 6.07) is 7.39. The SMILES string of the molecule is CC(=C[C@H](C(C)C)N(C)C(=O)[C@@H](NC(=O)[C@@H](N(C)C(=O)OC(C)(C)C)C(C)(C)c1ccccc1)C(C)(C)C)CO. The van der Waals surface area contributed by atoms with Crippen LogP contribution in [0.1, 0.15) is 81.7 Å². The first kappa shape index (κ1) is 35.2. The maximum atomic E-state index is 14.2. The maximum absolute atomic E-state index is 14.2. The van der Waals surface area contributed by atoms with Crippen molar-refractivity contribution in [3.8, 4) is 0 Å². The number of ether oxygens (including phenoxy) is 1. The summed E-state index contributed by atoms with van der Waals surface area (Å²) in [6.07, 6.45) is 1.26. The van der Waals surface area contributed by atoms with Gasteiger partial charge in [0.05, 0.1) is 12.6 Å². The Kier molecular flexibility index (Phi) is 12.0. The Balaban J connectivity index is 3.57. The molecule has 8 nitrogen and oxygen atoms in total. The van der Waals surface area contributed by atoms with E-state index in [4.69, 9.17) is 4.74 Å². The van der Waals surface area contributed by atoms with Crippen molar-refractivity contribution in [2.45, 2.75) is 105 Å². The Bertz CT molecular complexity index is 1030. The van der Waals surface area contributed by atoms with Crippen molar-refractivity contribution in [1.29, 1.82) is 0 Å². The van der Waals surface area contributed by atoms with Crippen molar-refractivity contribution < 1.29 is 24.2 Å². The Labute approximate surface area is 242 Å². The van der Waals surface area contributed by atoms with E-state index in [0.717, 1.165) is 11.1 Å². The molecular weight excluding hydrogens is 506 g/mol. The number of hydrogen-bond acceptors (Lipinski definition) is 5. The van der Waals surface area contributed by atoms with Crippen LogP contribution in [0.15, 0.2) is 42.0 Å². The highest BCUT2D eigenvalue weighted by Gasteiger charge is 2.45. The molecule has 1 aromatic carbocycles. The zero-order chi connectivity index (χ0) is 31.2. The number of aliphatic hydroxyl groups excluding tert-OH is 1. The van der Waals surface area contributed by atoms with Gasteiger partial charge in [0.1, 0.15) is 17.7 Å². The van der Waals surface area contributed by atoms with E-state index >= 15 is 0 Å². The molecule has 8 heteroatoms. The van der Waals surface area contributed by atoms with Gasteiger partial charge in [-0.05, 0) is 44.6 Å². The molecule has 0 unspecified atom stereocenters. The number of likely N-dealkylation sites (N-methyl/N-ethyl adjacent to an activating group) is 2. The largest absolute Gasteiger partial charge is 0.444 e. The van der Waals surface area contributed by atoms with E-state index in [1.54, 1.807) is 39.8 Å². The van der Waals surface area contributed by atoms with Crippen LogP contribution in [0.3, 0.4) is 0 Å². The molecule has 2 N–H and O–H groups in total. The molecule has 0 radical (unpaired) electrons. The molecule has 0 saturated heterocycles. The number of carbonyl (C=O) groups excluding carboxylic acids is 3. The fraction of sp³-hybridized carbons (Fsp3) is 0.656. The molecule has 0 fully saturated rings. The lowest BCUT2D eigenvalue weighted by atomic mass is 9.76. The van der Waals surface area contributed by atoms with E-state index in [2.05, 4.69) is 5.32 Å². The predicted octanol–water partition coefficient (Wildman–Crippen LogP) is 5.15. The van der Waals surface area contributed by atoms with Crippen molar-refractivity contribution in [2.75, 3.05) is 20.7 Å². The molecule has 0 bridgehead atoms. The lowest BCUT2D eigenvalue weighted by Crippen LogP contribution is -2.63. The van der Waals surface area contributed by atoms with E-state index in [1.807, 2.05) is 91.8 Å². The third kappa shape index (κ3) is 9.36. The number of benzene rings is 1. The number of nitrogens with one attached hydrogen (secondary N) is 1. The zero-order valence-electron chi connectivity index (χ0n) is 27.0. The molecule has 40 heavy (non-hydrogen) atoms. The molecule has 1 aromatic rings. The second kappa shape index (κ2) is 13.7. The Hall–Kier alpha value is -2.87. The third-order valence-corrected chi connectivity index (χ3v) is 7.10. The van der Waals surface area contributed by atoms with Crippen molar-refractivity contribution in [1.82, 2.24) is 15.1 Å². The smallest absolute Gasteiger partial charge is 0.410 e. The quantitative estimate of drug-likeness (QED) is 0.386. The van der Waals surface area contributed by atoms with Crippen molar-refractivity contribution >= 4 is 17.9 Å². The van der Waals surface area contributed by atoms with Crippen molar-refractivity contribution in [2.24, 2.45) is 11.3 Å². The van der Waals surface area contributed by atoms with E-state index in [1.165, 1.54) is 4.90 Å². The predicted molar refractivity (Wildman–Crippen MR) is 161 cm³/mol. The van der Waals surface area contributed by atoms with Gasteiger partial charge in [0, 0.05) is 19.5 Å². The van der Waals surface area contributed by atoms with Gasteiger partial charge in [-0.3, -0.25) is 14.5 Å². The number of rotatable bonds is 10. The number of carbonyl (C=O) groups is 3. The van der Waals surface area contributed by atoms with Crippen LogP contribution in [0.4, 0.5) is 4.79 Å². The lowest BCUT2D eigenvalue weighted by Gasteiger charge is -2.42. The van der Waals surface area contributed by atoms with Gasteiger partial charge in [0.2, 0.25) is 11.8 Å². The zero-order valence-corrected chi connectivity index (χ0v) is 27.0. The fourth-order valence-corrected chi connectivity index (χ4v) is 4.77. The first-order chi connectivity index (χ1) is 18.1. The minimum Gasteiger partial charge on any atom is -0.444 e. The Morgan fingerprint density at radius 2 is 1.48 bits per heavy atom. The standard InChI is InChI=1S/C32H53N3O5/c1-21(2)24(19-22(3)20-36)34(12)28(38)25(30(4,5)6)33-27(37)26(35(13)29(39)40-31(7,8)9)32(10,11)23-17-15-14-16-18-23/h14-19,21,24-26,36H,20H2,1-13H3,(H,33,37)/t24-,25-,26-/m1/s1. The average Bonchev–Trinajstić information content (AvgIpc) is 2.83. The summed E-state index contributed by atoms with van der Waals surface area (Å²) in [5, 5.41) is 12.6.